The first-order valence-corrected chi connectivity index (χ1v) is 8.48. The topological polar surface area (TPSA) is 60.2 Å². The fraction of sp³-hybridized carbons (Fsp3) is 0.875. The second kappa shape index (κ2) is 5.69. The van der Waals surface area contributed by atoms with Crippen molar-refractivity contribution in [2.75, 3.05) is 26.3 Å². The van der Waals surface area contributed by atoms with E-state index in [4.69, 9.17) is 14.2 Å². The van der Waals surface area contributed by atoms with Crippen molar-refractivity contribution in [1.82, 2.24) is 15.5 Å². The van der Waals surface area contributed by atoms with Crippen molar-refractivity contribution in [3.05, 3.63) is 11.7 Å². The summed E-state index contributed by atoms with van der Waals surface area (Å²) in [6.07, 6.45) is 8.42. The zero-order valence-corrected chi connectivity index (χ0v) is 12.6. The van der Waals surface area contributed by atoms with Crippen LogP contribution in [0.4, 0.5) is 0 Å². The summed E-state index contributed by atoms with van der Waals surface area (Å²) >= 11 is 0. The van der Waals surface area contributed by atoms with Crippen molar-refractivity contribution in [2.24, 2.45) is 5.92 Å². The number of rotatable bonds is 4. The molecule has 1 N–H and O–H groups in total. The molecule has 0 aromatic carbocycles. The first kappa shape index (κ1) is 13.7. The van der Waals surface area contributed by atoms with Crippen molar-refractivity contribution < 1.29 is 9.26 Å². The molecule has 21 heavy (non-hydrogen) atoms. The highest BCUT2D eigenvalue weighted by molar-refractivity contribution is 5.13. The Morgan fingerprint density at radius 1 is 1.19 bits per heavy atom. The lowest BCUT2D eigenvalue weighted by atomic mass is 9.75. The molecule has 2 aliphatic heterocycles. The molecule has 5 heteroatoms. The Morgan fingerprint density at radius 2 is 2.05 bits per heavy atom. The molecule has 5 nitrogen and oxygen atoms in total. The molecule has 0 spiro atoms. The van der Waals surface area contributed by atoms with Gasteiger partial charge in [-0.05, 0) is 44.6 Å². The molecule has 3 heterocycles. The lowest BCUT2D eigenvalue weighted by Gasteiger charge is -2.35. The SMILES string of the molecule is C1CNCC(CC2CC2)(c2noc(C3CCOCC3)n2)C1. The van der Waals surface area contributed by atoms with Gasteiger partial charge in [-0.2, -0.15) is 4.98 Å². The Balaban J connectivity index is 1.55. The first-order chi connectivity index (χ1) is 10.4. The molecule has 3 aliphatic rings. The van der Waals surface area contributed by atoms with Gasteiger partial charge in [0.25, 0.3) is 0 Å². The summed E-state index contributed by atoms with van der Waals surface area (Å²) in [5, 5.41) is 7.96. The molecule has 1 aliphatic carbocycles. The second-order valence-corrected chi connectivity index (χ2v) is 7.05. The fourth-order valence-electron chi connectivity index (χ4n) is 3.86. The van der Waals surface area contributed by atoms with E-state index in [0.717, 1.165) is 56.8 Å². The number of piperidine rings is 1. The summed E-state index contributed by atoms with van der Waals surface area (Å²) in [5.41, 5.74) is 0.117. The number of hydrogen-bond donors (Lipinski definition) is 1. The molecule has 2 saturated heterocycles. The van der Waals surface area contributed by atoms with Crippen LogP contribution >= 0.6 is 0 Å². The van der Waals surface area contributed by atoms with Gasteiger partial charge in [0.2, 0.25) is 5.89 Å². The van der Waals surface area contributed by atoms with Gasteiger partial charge in [-0.1, -0.05) is 18.0 Å². The fourth-order valence-corrected chi connectivity index (χ4v) is 3.86. The van der Waals surface area contributed by atoms with E-state index in [2.05, 4.69) is 10.5 Å². The van der Waals surface area contributed by atoms with Crippen molar-refractivity contribution in [2.45, 2.75) is 56.3 Å². The quantitative estimate of drug-likeness (QED) is 0.923. The third-order valence-electron chi connectivity index (χ3n) is 5.34. The number of ether oxygens (including phenoxy) is 1. The monoisotopic (exact) mass is 291 g/mol. The predicted octanol–water partition coefficient (Wildman–Crippen LogP) is 2.38. The van der Waals surface area contributed by atoms with Crippen LogP contribution in [-0.2, 0) is 10.2 Å². The van der Waals surface area contributed by atoms with Gasteiger partial charge in [0, 0.05) is 31.1 Å². The van der Waals surface area contributed by atoms with Crippen LogP contribution < -0.4 is 5.32 Å². The molecule has 1 saturated carbocycles. The van der Waals surface area contributed by atoms with E-state index in [0.29, 0.717) is 5.92 Å². The maximum atomic E-state index is 5.64. The summed E-state index contributed by atoms with van der Waals surface area (Å²) in [5.74, 6) is 3.08. The highest BCUT2D eigenvalue weighted by Crippen LogP contribution is 2.44. The lowest BCUT2D eigenvalue weighted by Crippen LogP contribution is -2.44. The second-order valence-electron chi connectivity index (χ2n) is 7.05. The number of hydrogen-bond acceptors (Lipinski definition) is 5. The average molecular weight is 291 g/mol. The molecule has 116 valence electrons. The van der Waals surface area contributed by atoms with Crippen LogP contribution in [0.25, 0.3) is 0 Å². The van der Waals surface area contributed by atoms with Crippen LogP contribution in [0.15, 0.2) is 4.52 Å². The van der Waals surface area contributed by atoms with Gasteiger partial charge in [-0.25, -0.2) is 0 Å². The number of nitrogens with one attached hydrogen (secondary N) is 1. The van der Waals surface area contributed by atoms with Gasteiger partial charge in [0.1, 0.15) is 0 Å². The molecule has 1 unspecified atom stereocenters. The van der Waals surface area contributed by atoms with Gasteiger partial charge in [0.15, 0.2) is 5.82 Å². The van der Waals surface area contributed by atoms with E-state index in [1.807, 2.05) is 0 Å². The molecule has 3 fully saturated rings. The van der Waals surface area contributed by atoms with E-state index in [-0.39, 0.29) is 5.41 Å². The standard InChI is InChI=1S/C16H25N3O2/c1-6-16(11-17-7-1,10-12-2-3-12)15-18-14(21-19-15)13-4-8-20-9-5-13/h12-13,17H,1-11H2. The Kier molecular flexibility index (Phi) is 3.71. The zero-order chi connectivity index (χ0) is 14.1. The summed E-state index contributed by atoms with van der Waals surface area (Å²) in [4.78, 5) is 4.84. The van der Waals surface area contributed by atoms with E-state index in [1.54, 1.807) is 0 Å². The molecule has 1 aromatic heterocycles. The third kappa shape index (κ3) is 2.86. The molecule has 1 atom stereocenters. The molecule has 0 radical (unpaired) electrons. The van der Waals surface area contributed by atoms with Crippen LogP contribution in [0.3, 0.4) is 0 Å². The maximum Gasteiger partial charge on any atom is 0.229 e. The van der Waals surface area contributed by atoms with Crippen molar-refractivity contribution in [3.63, 3.8) is 0 Å². The minimum Gasteiger partial charge on any atom is -0.381 e. The Labute approximate surface area is 125 Å². The summed E-state index contributed by atoms with van der Waals surface area (Å²) in [7, 11) is 0. The van der Waals surface area contributed by atoms with E-state index >= 15 is 0 Å². The lowest BCUT2D eigenvalue weighted by molar-refractivity contribution is 0.0778. The normalized spacial score (nSPS) is 31.4. The smallest absolute Gasteiger partial charge is 0.229 e. The summed E-state index contributed by atoms with van der Waals surface area (Å²) in [6.45, 7) is 3.77. The predicted molar refractivity (Wildman–Crippen MR) is 78.2 cm³/mol. The number of nitrogens with zero attached hydrogens (tertiary/aromatic N) is 2. The van der Waals surface area contributed by atoms with Gasteiger partial charge in [0.05, 0.1) is 0 Å². The highest BCUT2D eigenvalue weighted by Gasteiger charge is 2.43. The zero-order valence-electron chi connectivity index (χ0n) is 12.6. The molecule has 4 rings (SSSR count). The summed E-state index contributed by atoms with van der Waals surface area (Å²) in [6, 6.07) is 0. The van der Waals surface area contributed by atoms with E-state index in [1.165, 1.54) is 32.1 Å². The molecular formula is C16H25N3O2. The minimum absolute atomic E-state index is 0.117. The van der Waals surface area contributed by atoms with Crippen LogP contribution in [-0.4, -0.2) is 36.4 Å². The molecule has 1 aromatic rings. The van der Waals surface area contributed by atoms with Gasteiger partial charge in [-0.15, -0.1) is 0 Å². The average Bonchev–Trinajstić information content (AvgIpc) is 3.20. The van der Waals surface area contributed by atoms with Gasteiger partial charge in [-0.3, -0.25) is 0 Å². The molecular weight excluding hydrogens is 266 g/mol. The summed E-state index contributed by atoms with van der Waals surface area (Å²) < 4.78 is 11.1. The maximum absolute atomic E-state index is 5.64. The largest absolute Gasteiger partial charge is 0.381 e. The van der Waals surface area contributed by atoms with Crippen molar-refractivity contribution >= 4 is 0 Å². The van der Waals surface area contributed by atoms with Crippen LogP contribution in [0, 0.1) is 5.92 Å². The van der Waals surface area contributed by atoms with Crippen molar-refractivity contribution in [3.8, 4) is 0 Å². The van der Waals surface area contributed by atoms with Gasteiger partial charge >= 0.3 is 0 Å². The van der Waals surface area contributed by atoms with Crippen LogP contribution in [0.2, 0.25) is 0 Å². The number of aromatic nitrogens is 2. The Bertz CT molecular complexity index is 472. The third-order valence-corrected chi connectivity index (χ3v) is 5.34. The van der Waals surface area contributed by atoms with Crippen LogP contribution in [0.5, 0.6) is 0 Å². The van der Waals surface area contributed by atoms with Crippen LogP contribution in [0.1, 0.15) is 62.6 Å². The first-order valence-electron chi connectivity index (χ1n) is 8.48. The highest BCUT2D eigenvalue weighted by atomic mass is 16.5. The van der Waals surface area contributed by atoms with E-state index < -0.39 is 0 Å². The Hall–Kier alpha value is -0.940. The van der Waals surface area contributed by atoms with Crippen molar-refractivity contribution in [1.29, 1.82) is 0 Å². The minimum atomic E-state index is 0.117. The Morgan fingerprint density at radius 3 is 2.76 bits per heavy atom. The van der Waals surface area contributed by atoms with Gasteiger partial charge < -0.3 is 14.6 Å². The molecule has 0 bridgehead atoms. The van der Waals surface area contributed by atoms with E-state index in [9.17, 15) is 0 Å². The molecule has 0 amide bonds.